The summed E-state index contributed by atoms with van der Waals surface area (Å²) in [5, 5.41) is 22.3. The minimum Gasteiger partial charge on any atom is -0.504 e. The Morgan fingerprint density at radius 2 is 1.91 bits per heavy atom. The number of phenolic OH excluding ortho intramolecular Hbond substituents is 2. The molecule has 0 bridgehead atoms. The fourth-order valence-corrected chi connectivity index (χ4v) is 1.75. The van der Waals surface area contributed by atoms with Crippen LogP contribution in [0.5, 0.6) is 23.3 Å². The molecule has 0 fully saturated rings. The first-order chi connectivity index (χ1) is 10.5. The summed E-state index contributed by atoms with van der Waals surface area (Å²) in [6, 6.07) is 9.17. The zero-order valence-electron chi connectivity index (χ0n) is 10.9. The van der Waals surface area contributed by atoms with Gasteiger partial charge < -0.3 is 19.4 Å². The minimum absolute atomic E-state index is 0.0808. The van der Waals surface area contributed by atoms with Crippen molar-refractivity contribution >= 4 is 0 Å². The van der Waals surface area contributed by atoms with Gasteiger partial charge in [-0.3, -0.25) is 0 Å². The van der Waals surface area contributed by atoms with Crippen molar-refractivity contribution < 1.29 is 23.8 Å². The molecule has 3 aromatic rings. The molecule has 0 amide bonds. The fourth-order valence-electron chi connectivity index (χ4n) is 1.75. The Hall–Kier alpha value is -3.29. The maximum Gasteiger partial charge on any atom is 0.444 e. The fraction of sp³-hybridized carbons (Fsp3) is 0. The molecule has 1 aromatic heterocycles. The van der Waals surface area contributed by atoms with Gasteiger partial charge in [-0.25, -0.2) is 9.18 Å². The number of halogens is 1. The molecule has 0 unspecified atom stereocenters. The molecule has 1 heterocycles. The number of hydrogen-bond acceptors (Lipinski definition) is 6. The van der Waals surface area contributed by atoms with Gasteiger partial charge in [0.15, 0.2) is 11.5 Å². The van der Waals surface area contributed by atoms with Crippen molar-refractivity contribution in [3.8, 4) is 29.0 Å². The van der Waals surface area contributed by atoms with Gasteiger partial charge in [-0.2, -0.15) is 4.68 Å². The van der Waals surface area contributed by atoms with Gasteiger partial charge >= 0.3 is 11.8 Å². The maximum atomic E-state index is 13.6. The standard InChI is InChI=1S/C14H9FN2O5/c15-9-3-1-2-4-10(9)17-14(20)22-13(16-17)21-8-5-6-11(18)12(19)7-8/h1-7,18-19H. The van der Waals surface area contributed by atoms with Crippen LogP contribution in [0.4, 0.5) is 4.39 Å². The maximum absolute atomic E-state index is 13.6. The Kier molecular flexibility index (Phi) is 3.26. The van der Waals surface area contributed by atoms with Crippen molar-refractivity contribution in [2.45, 2.75) is 0 Å². The first kappa shape index (κ1) is 13.7. The van der Waals surface area contributed by atoms with E-state index in [2.05, 4.69) is 5.10 Å². The average molecular weight is 304 g/mol. The molecule has 112 valence electrons. The molecular weight excluding hydrogens is 295 g/mol. The quantitative estimate of drug-likeness (QED) is 0.720. The summed E-state index contributed by atoms with van der Waals surface area (Å²) in [5.41, 5.74) is -0.0837. The summed E-state index contributed by atoms with van der Waals surface area (Å²) in [6.45, 7) is 0. The number of aromatic hydroxyl groups is 2. The SMILES string of the molecule is O=c1oc(Oc2ccc(O)c(O)c2)nn1-c1ccccc1F. The smallest absolute Gasteiger partial charge is 0.444 e. The lowest BCUT2D eigenvalue weighted by molar-refractivity contribution is 0.317. The molecule has 0 aliphatic heterocycles. The number of benzene rings is 2. The normalized spacial score (nSPS) is 10.6. The number of hydrogen-bond donors (Lipinski definition) is 2. The van der Waals surface area contributed by atoms with Gasteiger partial charge in [0.2, 0.25) is 0 Å². The van der Waals surface area contributed by atoms with E-state index in [0.717, 1.165) is 6.07 Å². The average Bonchev–Trinajstić information content (AvgIpc) is 2.84. The van der Waals surface area contributed by atoms with E-state index in [1.807, 2.05) is 0 Å². The van der Waals surface area contributed by atoms with Crippen LogP contribution < -0.4 is 10.5 Å². The van der Waals surface area contributed by atoms with Crippen LogP contribution in [0.1, 0.15) is 0 Å². The summed E-state index contributed by atoms with van der Waals surface area (Å²) in [7, 11) is 0. The zero-order chi connectivity index (χ0) is 15.7. The highest BCUT2D eigenvalue weighted by Gasteiger charge is 2.15. The Labute approximate surface area is 122 Å². The first-order valence-electron chi connectivity index (χ1n) is 6.09. The first-order valence-corrected chi connectivity index (χ1v) is 6.09. The second kappa shape index (κ2) is 5.24. The van der Waals surface area contributed by atoms with E-state index in [1.165, 1.54) is 36.4 Å². The van der Waals surface area contributed by atoms with Crippen molar-refractivity contribution in [1.82, 2.24) is 9.78 Å². The number of para-hydroxylation sites is 1. The third kappa shape index (κ3) is 2.49. The van der Waals surface area contributed by atoms with Crippen LogP contribution in [0.2, 0.25) is 0 Å². The summed E-state index contributed by atoms with van der Waals surface area (Å²) in [5.74, 6) is -2.23. The number of nitrogens with zero attached hydrogens (tertiary/aromatic N) is 2. The lowest BCUT2D eigenvalue weighted by Crippen LogP contribution is -2.14. The monoisotopic (exact) mass is 304 g/mol. The van der Waals surface area contributed by atoms with Crippen LogP contribution >= 0.6 is 0 Å². The number of phenols is 2. The molecule has 0 atom stereocenters. The van der Waals surface area contributed by atoms with Crippen LogP contribution in [0.15, 0.2) is 51.7 Å². The Balaban J connectivity index is 1.94. The molecule has 7 nitrogen and oxygen atoms in total. The molecule has 0 aliphatic rings. The Bertz CT molecular complexity index is 887. The van der Waals surface area contributed by atoms with Gasteiger partial charge in [-0.15, -0.1) is 0 Å². The molecule has 8 heteroatoms. The second-order valence-corrected chi connectivity index (χ2v) is 4.25. The molecular formula is C14H9FN2O5. The van der Waals surface area contributed by atoms with E-state index < -0.39 is 23.4 Å². The van der Waals surface area contributed by atoms with E-state index in [-0.39, 0.29) is 17.2 Å². The van der Waals surface area contributed by atoms with Crippen LogP contribution in [0, 0.1) is 5.82 Å². The molecule has 2 N–H and O–H groups in total. The molecule has 0 saturated carbocycles. The summed E-state index contributed by atoms with van der Waals surface area (Å²) >= 11 is 0. The van der Waals surface area contributed by atoms with Crippen molar-refractivity contribution in [2.24, 2.45) is 0 Å². The second-order valence-electron chi connectivity index (χ2n) is 4.25. The number of rotatable bonds is 3. The van der Waals surface area contributed by atoms with Gasteiger partial charge in [0, 0.05) is 6.07 Å². The number of aromatic nitrogens is 2. The molecule has 3 rings (SSSR count). The van der Waals surface area contributed by atoms with Gasteiger partial charge in [0.1, 0.15) is 17.3 Å². The van der Waals surface area contributed by atoms with Crippen LogP contribution in [0.25, 0.3) is 5.69 Å². The van der Waals surface area contributed by atoms with Crippen molar-refractivity contribution in [2.75, 3.05) is 0 Å². The summed E-state index contributed by atoms with van der Waals surface area (Å²) in [4.78, 5) is 11.7. The largest absolute Gasteiger partial charge is 0.504 e. The molecule has 22 heavy (non-hydrogen) atoms. The Morgan fingerprint density at radius 1 is 1.14 bits per heavy atom. The van der Waals surface area contributed by atoms with E-state index in [9.17, 15) is 19.4 Å². The van der Waals surface area contributed by atoms with E-state index in [4.69, 9.17) is 9.15 Å². The third-order valence-electron chi connectivity index (χ3n) is 2.76. The topological polar surface area (TPSA) is 97.7 Å². The lowest BCUT2D eigenvalue weighted by atomic mass is 10.3. The van der Waals surface area contributed by atoms with E-state index >= 15 is 0 Å². The molecule has 2 aromatic carbocycles. The van der Waals surface area contributed by atoms with E-state index in [1.54, 1.807) is 0 Å². The third-order valence-corrected chi connectivity index (χ3v) is 2.76. The summed E-state index contributed by atoms with van der Waals surface area (Å²) < 4.78 is 24.3. The van der Waals surface area contributed by atoms with Crippen molar-refractivity contribution in [3.05, 3.63) is 58.8 Å². The Morgan fingerprint density at radius 3 is 2.64 bits per heavy atom. The van der Waals surface area contributed by atoms with E-state index in [0.29, 0.717) is 4.68 Å². The highest BCUT2D eigenvalue weighted by atomic mass is 19.1. The van der Waals surface area contributed by atoms with Gasteiger partial charge in [0.05, 0.1) is 0 Å². The molecule has 0 spiro atoms. The van der Waals surface area contributed by atoms with Crippen LogP contribution in [-0.4, -0.2) is 20.0 Å². The number of ether oxygens (including phenoxy) is 1. The van der Waals surface area contributed by atoms with Gasteiger partial charge in [-0.1, -0.05) is 17.2 Å². The predicted molar refractivity (Wildman–Crippen MR) is 71.9 cm³/mol. The minimum atomic E-state index is -0.928. The molecule has 0 saturated heterocycles. The summed E-state index contributed by atoms with van der Waals surface area (Å²) in [6.07, 6.45) is -0.432. The van der Waals surface area contributed by atoms with Crippen LogP contribution in [0.3, 0.4) is 0 Å². The molecule has 0 aliphatic carbocycles. The molecule has 0 radical (unpaired) electrons. The van der Waals surface area contributed by atoms with Gasteiger partial charge in [0.25, 0.3) is 0 Å². The van der Waals surface area contributed by atoms with Crippen molar-refractivity contribution in [1.29, 1.82) is 0 Å². The van der Waals surface area contributed by atoms with Crippen molar-refractivity contribution in [3.63, 3.8) is 0 Å². The lowest BCUT2D eigenvalue weighted by Gasteiger charge is -2.02. The highest BCUT2D eigenvalue weighted by molar-refractivity contribution is 5.43. The van der Waals surface area contributed by atoms with Crippen LogP contribution in [-0.2, 0) is 0 Å². The highest BCUT2D eigenvalue weighted by Crippen LogP contribution is 2.30. The predicted octanol–water partition coefficient (Wildman–Crippen LogP) is 2.17. The van der Waals surface area contributed by atoms with Gasteiger partial charge in [-0.05, 0) is 24.3 Å². The zero-order valence-corrected chi connectivity index (χ0v) is 10.9.